The fourth-order valence-corrected chi connectivity index (χ4v) is 0.925. The number of aromatic nitrogens is 3. The monoisotopic (exact) mass is 143 g/mol. The zero-order chi connectivity index (χ0) is 6.27. The first-order chi connectivity index (χ1) is 4.36. The van der Waals surface area contributed by atoms with Crippen molar-refractivity contribution in [2.24, 2.45) is 0 Å². The fourth-order valence-electron chi connectivity index (χ4n) is 0.792. The zero-order valence-corrected chi connectivity index (χ0v) is 5.52. The first-order valence-corrected chi connectivity index (χ1v) is 3.32. The number of nitrogens with one attached hydrogen (secondary N) is 1. The third-order valence-corrected chi connectivity index (χ3v) is 1.61. The van der Waals surface area contributed by atoms with E-state index in [2.05, 4.69) is 15.2 Å². The minimum Gasteiger partial charge on any atom is -0.262 e. The highest BCUT2D eigenvalue weighted by molar-refractivity contribution is 6.28. The molecule has 9 heavy (non-hydrogen) atoms. The van der Waals surface area contributed by atoms with E-state index < -0.39 is 0 Å². The van der Waals surface area contributed by atoms with Crippen LogP contribution in [-0.2, 0) is 0 Å². The second-order valence-corrected chi connectivity index (χ2v) is 2.60. The molecule has 4 heteroatoms. The van der Waals surface area contributed by atoms with Crippen LogP contribution < -0.4 is 0 Å². The molecule has 2 rings (SSSR count). The molecule has 0 bridgehead atoms. The lowest BCUT2D eigenvalue weighted by molar-refractivity contribution is 0.935. The van der Waals surface area contributed by atoms with Crippen molar-refractivity contribution in [1.29, 1.82) is 0 Å². The van der Waals surface area contributed by atoms with E-state index in [1.165, 1.54) is 12.8 Å². The lowest BCUT2D eigenvalue weighted by Gasteiger charge is -1.81. The van der Waals surface area contributed by atoms with Gasteiger partial charge in [-0.25, -0.2) is 4.98 Å². The Balaban J connectivity index is 2.28. The van der Waals surface area contributed by atoms with Crippen molar-refractivity contribution in [3.63, 3.8) is 0 Å². The number of halogens is 1. The summed E-state index contributed by atoms with van der Waals surface area (Å²) in [6.45, 7) is 0. The highest BCUT2D eigenvalue weighted by atomic mass is 35.5. The van der Waals surface area contributed by atoms with Gasteiger partial charge >= 0.3 is 0 Å². The van der Waals surface area contributed by atoms with E-state index in [9.17, 15) is 0 Å². The number of nitrogens with zero attached hydrogens (tertiary/aromatic N) is 2. The Labute approximate surface area is 57.4 Å². The predicted molar refractivity (Wildman–Crippen MR) is 33.4 cm³/mol. The predicted octanol–water partition coefficient (Wildman–Crippen LogP) is 1.34. The largest absolute Gasteiger partial charge is 0.262 e. The van der Waals surface area contributed by atoms with Crippen LogP contribution in [0.4, 0.5) is 0 Å². The summed E-state index contributed by atoms with van der Waals surface area (Å²) in [6.07, 6.45) is 2.46. The van der Waals surface area contributed by atoms with Crippen LogP contribution in [0.1, 0.15) is 24.6 Å². The summed E-state index contributed by atoms with van der Waals surface area (Å²) in [6, 6.07) is 0. The van der Waals surface area contributed by atoms with Gasteiger partial charge in [0.1, 0.15) is 5.82 Å². The minimum atomic E-state index is 0.330. The minimum absolute atomic E-state index is 0.330. The van der Waals surface area contributed by atoms with E-state index in [-0.39, 0.29) is 0 Å². The third kappa shape index (κ3) is 0.920. The Morgan fingerprint density at radius 1 is 1.56 bits per heavy atom. The standard InChI is InChI=1S/C5H6ClN3/c6-5-7-4(8-9-5)3-1-2-3/h3H,1-2H2,(H,7,8,9). The molecule has 0 radical (unpaired) electrons. The van der Waals surface area contributed by atoms with Crippen LogP contribution >= 0.6 is 11.6 Å². The fraction of sp³-hybridized carbons (Fsp3) is 0.600. The van der Waals surface area contributed by atoms with Gasteiger partial charge < -0.3 is 0 Å². The molecule has 0 spiro atoms. The van der Waals surface area contributed by atoms with Gasteiger partial charge in [0.25, 0.3) is 0 Å². The first kappa shape index (κ1) is 5.23. The molecule has 0 aliphatic heterocycles. The van der Waals surface area contributed by atoms with Crippen molar-refractivity contribution < 1.29 is 0 Å². The average Bonchev–Trinajstić information content (AvgIpc) is 2.58. The van der Waals surface area contributed by atoms with Gasteiger partial charge in [-0.1, -0.05) is 0 Å². The highest BCUT2D eigenvalue weighted by Gasteiger charge is 2.26. The summed E-state index contributed by atoms with van der Waals surface area (Å²) in [5.74, 6) is 1.56. The number of hydrogen-bond donors (Lipinski definition) is 1. The Bertz CT molecular complexity index is 216. The molecule has 3 nitrogen and oxygen atoms in total. The van der Waals surface area contributed by atoms with Crippen molar-refractivity contribution >= 4 is 11.6 Å². The topological polar surface area (TPSA) is 41.6 Å². The molecule has 0 amide bonds. The van der Waals surface area contributed by atoms with Crippen molar-refractivity contribution in [3.8, 4) is 0 Å². The second kappa shape index (κ2) is 1.70. The van der Waals surface area contributed by atoms with Gasteiger partial charge in [0.05, 0.1) is 0 Å². The van der Waals surface area contributed by atoms with Gasteiger partial charge in [-0.05, 0) is 24.4 Å². The van der Waals surface area contributed by atoms with Crippen molar-refractivity contribution in [1.82, 2.24) is 15.2 Å². The smallest absolute Gasteiger partial charge is 0.242 e. The molecule has 0 unspecified atom stereocenters. The van der Waals surface area contributed by atoms with Gasteiger partial charge in [-0.3, -0.25) is 5.10 Å². The molecule has 1 aromatic rings. The molecule has 1 saturated carbocycles. The molecule has 48 valence electrons. The summed E-state index contributed by atoms with van der Waals surface area (Å²) >= 11 is 5.48. The molecule has 1 fully saturated rings. The van der Waals surface area contributed by atoms with Gasteiger partial charge in [-0.2, -0.15) is 0 Å². The molecular weight excluding hydrogens is 138 g/mol. The summed E-state index contributed by atoms with van der Waals surface area (Å²) in [5.41, 5.74) is 0. The maximum absolute atomic E-state index is 5.48. The normalized spacial score (nSPS) is 18.3. The maximum atomic E-state index is 5.48. The van der Waals surface area contributed by atoms with Crippen LogP contribution in [0, 0.1) is 0 Å². The Kier molecular flexibility index (Phi) is 0.990. The molecule has 0 saturated heterocycles. The third-order valence-electron chi connectivity index (χ3n) is 1.44. The summed E-state index contributed by atoms with van der Waals surface area (Å²) in [4.78, 5) is 3.97. The van der Waals surface area contributed by atoms with Crippen molar-refractivity contribution in [2.45, 2.75) is 18.8 Å². The van der Waals surface area contributed by atoms with Gasteiger partial charge in [0, 0.05) is 5.92 Å². The van der Waals surface area contributed by atoms with Crippen LogP contribution in [-0.4, -0.2) is 15.2 Å². The molecule has 1 aliphatic rings. The lowest BCUT2D eigenvalue weighted by atomic mass is 10.4. The van der Waals surface area contributed by atoms with Crippen LogP contribution in [0.2, 0.25) is 5.28 Å². The zero-order valence-electron chi connectivity index (χ0n) is 4.76. The van der Waals surface area contributed by atoms with E-state index in [1.54, 1.807) is 0 Å². The molecule has 0 atom stereocenters. The van der Waals surface area contributed by atoms with Gasteiger partial charge in [-0.15, -0.1) is 5.10 Å². The quantitative estimate of drug-likeness (QED) is 0.645. The summed E-state index contributed by atoms with van der Waals surface area (Å²) in [5, 5.41) is 6.81. The number of aromatic amines is 1. The van der Waals surface area contributed by atoms with E-state index in [0.29, 0.717) is 11.2 Å². The average molecular weight is 144 g/mol. The molecule has 0 aromatic carbocycles. The first-order valence-electron chi connectivity index (χ1n) is 2.94. The molecular formula is C5H6ClN3. The Hall–Kier alpha value is -0.570. The molecule has 1 aliphatic carbocycles. The molecule has 1 N–H and O–H groups in total. The maximum Gasteiger partial charge on any atom is 0.242 e. The molecule has 1 heterocycles. The number of rotatable bonds is 1. The lowest BCUT2D eigenvalue weighted by Crippen LogP contribution is -1.79. The number of hydrogen-bond acceptors (Lipinski definition) is 2. The van der Waals surface area contributed by atoms with Crippen molar-refractivity contribution in [3.05, 3.63) is 11.1 Å². The van der Waals surface area contributed by atoms with Gasteiger partial charge in [0.2, 0.25) is 5.28 Å². The SMILES string of the molecule is Clc1n[nH]c(C2CC2)n1. The van der Waals surface area contributed by atoms with Crippen LogP contribution in [0.5, 0.6) is 0 Å². The van der Waals surface area contributed by atoms with Crippen molar-refractivity contribution in [2.75, 3.05) is 0 Å². The van der Waals surface area contributed by atoms with Crippen LogP contribution in [0.3, 0.4) is 0 Å². The second-order valence-electron chi connectivity index (χ2n) is 2.26. The Morgan fingerprint density at radius 3 is 2.78 bits per heavy atom. The van der Waals surface area contributed by atoms with E-state index in [4.69, 9.17) is 11.6 Å². The number of H-pyrrole nitrogens is 1. The highest BCUT2D eigenvalue weighted by Crippen LogP contribution is 2.37. The van der Waals surface area contributed by atoms with E-state index in [0.717, 1.165) is 5.82 Å². The summed E-state index contributed by atoms with van der Waals surface area (Å²) < 4.78 is 0. The summed E-state index contributed by atoms with van der Waals surface area (Å²) in [7, 11) is 0. The van der Waals surface area contributed by atoms with Crippen LogP contribution in [0.15, 0.2) is 0 Å². The Morgan fingerprint density at radius 2 is 2.33 bits per heavy atom. The van der Waals surface area contributed by atoms with Gasteiger partial charge in [0.15, 0.2) is 0 Å². The van der Waals surface area contributed by atoms with E-state index >= 15 is 0 Å². The van der Waals surface area contributed by atoms with E-state index in [1.807, 2.05) is 0 Å². The molecule has 1 aromatic heterocycles. The van der Waals surface area contributed by atoms with Crippen LogP contribution in [0.25, 0.3) is 0 Å².